The van der Waals surface area contributed by atoms with Crippen LogP contribution < -0.4 is 5.32 Å². The monoisotopic (exact) mass is 555 g/mol. The second-order valence-electron chi connectivity index (χ2n) is 11.5. The van der Waals surface area contributed by atoms with Gasteiger partial charge in [0.2, 0.25) is 0 Å². The van der Waals surface area contributed by atoms with Gasteiger partial charge in [-0.25, -0.2) is 8.42 Å². The SMILES string of the molecule is CCn1nc(CCCCC(=O)c2ccc(S(=O)(=O)C3CCCCC3)cc2)c2c1C(=O)NCC1(CCOCC1)C2. The lowest BCUT2D eigenvalue weighted by Crippen LogP contribution is -2.40. The Kier molecular flexibility index (Phi) is 8.57. The molecule has 0 unspecified atom stereocenters. The molecule has 1 aliphatic carbocycles. The van der Waals surface area contributed by atoms with Crippen LogP contribution in [0.3, 0.4) is 0 Å². The van der Waals surface area contributed by atoms with Gasteiger partial charge in [-0.15, -0.1) is 0 Å². The standard InChI is InChI=1S/C30H41N3O5S/c1-2-33-28-25(20-30(21-31-29(28)35)16-18-38-19-17-30)26(32-33)10-6-7-11-27(34)22-12-14-24(15-13-22)39(36,37)23-8-4-3-5-9-23/h12-15,23H,2-11,16-21H2,1H3,(H,31,35). The van der Waals surface area contributed by atoms with E-state index in [0.29, 0.717) is 42.1 Å². The van der Waals surface area contributed by atoms with Gasteiger partial charge in [0.25, 0.3) is 5.91 Å². The number of ketones is 1. The predicted octanol–water partition coefficient (Wildman–Crippen LogP) is 4.69. The Morgan fingerprint density at radius 1 is 1.10 bits per heavy atom. The van der Waals surface area contributed by atoms with Gasteiger partial charge in [0.1, 0.15) is 5.69 Å². The number of fused-ring (bicyclic) bond motifs is 1. The van der Waals surface area contributed by atoms with Crippen molar-refractivity contribution in [3.05, 3.63) is 46.8 Å². The van der Waals surface area contributed by atoms with E-state index in [1.807, 2.05) is 11.6 Å². The molecule has 3 aliphatic rings. The third-order valence-corrected chi connectivity index (χ3v) is 11.2. The van der Waals surface area contributed by atoms with Crippen molar-refractivity contribution < 1.29 is 22.7 Å². The largest absolute Gasteiger partial charge is 0.381 e. The number of aryl methyl sites for hydroxylation is 2. The summed E-state index contributed by atoms with van der Waals surface area (Å²) in [5, 5.41) is 7.65. The van der Waals surface area contributed by atoms with Crippen molar-refractivity contribution in [3.63, 3.8) is 0 Å². The second-order valence-corrected chi connectivity index (χ2v) is 13.7. The maximum absolute atomic E-state index is 13.0. The van der Waals surface area contributed by atoms with Crippen LogP contribution in [0.2, 0.25) is 0 Å². The van der Waals surface area contributed by atoms with Crippen LogP contribution in [0.4, 0.5) is 0 Å². The van der Waals surface area contributed by atoms with Crippen LogP contribution in [0.25, 0.3) is 0 Å². The van der Waals surface area contributed by atoms with Crippen molar-refractivity contribution in [2.75, 3.05) is 19.8 Å². The fourth-order valence-corrected chi connectivity index (χ4v) is 8.34. The number of unbranched alkanes of at least 4 members (excludes halogenated alkanes) is 1. The summed E-state index contributed by atoms with van der Waals surface area (Å²) < 4.78 is 33.3. The zero-order valence-corrected chi connectivity index (χ0v) is 23.9. The van der Waals surface area contributed by atoms with Crippen molar-refractivity contribution in [2.45, 2.75) is 101 Å². The number of nitrogens with one attached hydrogen (secondary N) is 1. The highest BCUT2D eigenvalue weighted by Crippen LogP contribution is 2.38. The Morgan fingerprint density at radius 3 is 2.51 bits per heavy atom. The molecule has 1 aromatic heterocycles. The Balaban J connectivity index is 1.20. The molecular formula is C30H41N3O5S. The van der Waals surface area contributed by atoms with Gasteiger partial charge in [-0.05, 0) is 75.8 Å². The van der Waals surface area contributed by atoms with Crippen molar-refractivity contribution in [1.82, 2.24) is 15.1 Å². The molecule has 0 radical (unpaired) electrons. The molecule has 0 atom stereocenters. The minimum atomic E-state index is -3.34. The van der Waals surface area contributed by atoms with Gasteiger partial charge in [0.15, 0.2) is 15.6 Å². The number of ether oxygens (including phenoxy) is 1. The van der Waals surface area contributed by atoms with Crippen LogP contribution in [0.15, 0.2) is 29.2 Å². The highest BCUT2D eigenvalue weighted by atomic mass is 32.2. The fraction of sp³-hybridized carbons (Fsp3) is 0.633. The number of hydrogen-bond donors (Lipinski definition) is 1. The van der Waals surface area contributed by atoms with Gasteiger partial charge < -0.3 is 10.1 Å². The van der Waals surface area contributed by atoms with Gasteiger partial charge in [-0.1, -0.05) is 31.4 Å². The summed E-state index contributed by atoms with van der Waals surface area (Å²) in [5.41, 5.74) is 3.30. The number of carbonyl (C=O) groups is 2. The van der Waals surface area contributed by atoms with Crippen molar-refractivity contribution in [3.8, 4) is 0 Å². The minimum Gasteiger partial charge on any atom is -0.381 e. The van der Waals surface area contributed by atoms with Crippen molar-refractivity contribution in [2.24, 2.45) is 5.41 Å². The third kappa shape index (κ3) is 5.99. The van der Waals surface area contributed by atoms with E-state index in [2.05, 4.69) is 5.32 Å². The molecule has 2 fully saturated rings. The van der Waals surface area contributed by atoms with Crippen LogP contribution in [-0.4, -0.2) is 54.9 Å². The number of rotatable bonds is 9. The molecule has 1 aromatic carbocycles. The zero-order chi connectivity index (χ0) is 27.5. The Hall–Kier alpha value is -2.52. The fourth-order valence-electron chi connectivity index (χ4n) is 6.49. The summed E-state index contributed by atoms with van der Waals surface area (Å²) >= 11 is 0. The first-order chi connectivity index (χ1) is 18.8. The Bertz CT molecular complexity index is 1290. The lowest BCUT2D eigenvalue weighted by Gasteiger charge is -2.36. The molecule has 1 amide bonds. The molecule has 39 heavy (non-hydrogen) atoms. The lowest BCUT2D eigenvalue weighted by molar-refractivity contribution is 0.0160. The average Bonchev–Trinajstić information content (AvgIpc) is 3.24. The van der Waals surface area contributed by atoms with Crippen LogP contribution in [0.1, 0.15) is 103 Å². The number of hydrogen-bond acceptors (Lipinski definition) is 6. The topological polar surface area (TPSA) is 107 Å². The molecule has 9 heteroatoms. The Morgan fingerprint density at radius 2 is 1.82 bits per heavy atom. The van der Waals surface area contributed by atoms with E-state index >= 15 is 0 Å². The molecular weight excluding hydrogens is 514 g/mol. The summed E-state index contributed by atoms with van der Waals surface area (Å²) in [7, 11) is -3.34. The normalized spacial score (nSPS) is 19.9. The number of Topliss-reactive ketones (excluding diaryl/α,β-unsaturated/α-hetero) is 1. The van der Waals surface area contributed by atoms with Gasteiger partial charge in [-0.3, -0.25) is 14.3 Å². The van der Waals surface area contributed by atoms with Gasteiger partial charge >= 0.3 is 0 Å². The number of amides is 1. The number of carbonyl (C=O) groups excluding carboxylic acids is 2. The van der Waals surface area contributed by atoms with Gasteiger partial charge in [0, 0.05) is 43.9 Å². The number of nitrogens with zero attached hydrogens (tertiary/aromatic N) is 2. The molecule has 1 spiro atoms. The summed E-state index contributed by atoms with van der Waals surface area (Å²) in [6.07, 6.45) is 9.79. The number of sulfone groups is 1. The highest BCUT2D eigenvalue weighted by molar-refractivity contribution is 7.92. The molecule has 1 N–H and O–H groups in total. The molecule has 3 heterocycles. The van der Waals surface area contributed by atoms with Crippen LogP contribution in [0.5, 0.6) is 0 Å². The predicted molar refractivity (Wildman–Crippen MR) is 149 cm³/mol. The maximum atomic E-state index is 13.0. The van der Waals surface area contributed by atoms with Crippen LogP contribution >= 0.6 is 0 Å². The summed E-state index contributed by atoms with van der Waals surface area (Å²) in [6.45, 7) is 4.75. The average molecular weight is 556 g/mol. The van der Waals surface area contributed by atoms with Crippen LogP contribution in [0, 0.1) is 5.41 Å². The van der Waals surface area contributed by atoms with E-state index < -0.39 is 9.84 Å². The molecule has 8 nitrogen and oxygen atoms in total. The number of aromatic nitrogens is 2. The third-order valence-electron chi connectivity index (χ3n) is 8.94. The lowest BCUT2D eigenvalue weighted by atomic mass is 9.75. The van der Waals surface area contributed by atoms with Crippen LogP contribution in [-0.2, 0) is 34.0 Å². The maximum Gasteiger partial charge on any atom is 0.269 e. The highest BCUT2D eigenvalue weighted by Gasteiger charge is 2.39. The van der Waals surface area contributed by atoms with E-state index in [0.717, 1.165) is 88.7 Å². The first-order valence-electron chi connectivity index (χ1n) is 14.6. The molecule has 1 saturated carbocycles. The molecule has 2 aromatic rings. The van der Waals surface area contributed by atoms with E-state index in [4.69, 9.17) is 9.84 Å². The zero-order valence-electron chi connectivity index (χ0n) is 23.0. The molecule has 2 aliphatic heterocycles. The van der Waals surface area contributed by atoms with Gasteiger partial charge in [-0.2, -0.15) is 5.10 Å². The summed E-state index contributed by atoms with van der Waals surface area (Å²) in [6, 6.07) is 6.52. The first kappa shape index (κ1) is 28.0. The second kappa shape index (κ2) is 11.9. The van der Waals surface area contributed by atoms with E-state index in [1.165, 1.54) is 0 Å². The van der Waals surface area contributed by atoms with E-state index in [-0.39, 0.29) is 22.4 Å². The van der Waals surface area contributed by atoms with E-state index in [9.17, 15) is 18.0 Å². The molecule has 212 valence electrons. The van der Waals surface area contributed by atoms with Crippen molar-refractivity contribution >= 4 is 21.5 Å². The Labute approximate surface area is 231 Å². The van der Waals surface area contributed by atoms with E-state index in [1.54, 1.807) is 24.3 Å². The molecule has 5 rings (SSSR count). The molecule has 1 saturated heterocycles. The smallest absolute Gasteiger partial charge is 0.269 e. The quantitative estimate of drug-likeness (QED) is 0.355. The minimum absolute atomic E-state index is 0.0160. The number of benzene rings is 1. The first-order valence-corrected chi connectivity index (χ1v) is 16.2. The summed E-state index contributed by atoms with van der Waals surface area (Å²) in [5.74, 6) is -0.0202. The van der Waals surface area contributed by atoms with Gasteiger partial charge in [0.05, 0.1) is 15.8 Å². The van der Waals surface area contributed by atoms with Crippen molar-refractivity contribution in [1.29, 1.82) is 0 Å². The molecule has 0 bridgehead atoms. The summed E-state index contributed by atoms with van der Waals surface area (Å²) in [4.78, 5) is 26.2.